The maximum atomic E-state index is 12.6. The molecule has 0 radical (unpaired) electrons. The molecule has 2 aromatic rings. The molecular weight excluding hydrogens is 358 g/mol. The molecular formula is C19H20ClNO3S. The second-order valence-corrected chi connectivity index (χ2v) is 7.16. The Morgan fingerprint density at radius 2 is 2.20 bits per heavy atom. The van der Waals surface area contributed by atoms with Crippen LogP contribution in [-0.2, 0) is 4.79 Å². The fourth-order valence-electron chi connectivity index (χ4n) is 3.10. The number of thiophene rings is 1. The molecule has 4 nitrogen and oxygen atoms in total. The average Bonchev–Trinajstić information content (AvgIpc) is 3.29. The van der Waals surface area contributed by atoms with E-state index in [0.717, 1.165) is 24.9 Å². The molecule has 3 rings (SSSR count). The minimum atomic E-state index is 0.0156. The van der Waals surface area contributed by atoms with Crippen LogP contribution in [-0.4, -0.2) is 31.6 Å². The van der Waals surface area contributed by atoms with Crippen LogP contribution in [0.5, 0.6) is 11.5 Å². The Morgan fingerprint density at radius 3 is 2.88 bits per heavy atom. The SMILES string of the molecule is COc1cc(/C=C/C(=O)N2CCCC2c2cccs2)cc(Cl)c1OC. The summed E-state index contributed by atoms with van der Waals surface area (Å²) in [6.45, 7) is 0.790. The average molecular weight is 378 g/mol. The van der Waals surface area contributed by atoms with Crippen LogP contribution in [0.2, 0.25) is 5.02 Å². The predicted octanol–water partition coefficient (Wildman–Crippen LogP) is 4.80. The zero-order valence-electron chi connectivity index (χ0n) is 14.2. The van der Waals surface area contributed by atoms with Gasteiger partial charge in [-0.15, -0.1) is 11.3 Å². The molecule has 0 spiro atoms. The summed E-state index contributed by atoms with van der Waals surface area (Å²) in [7, 11) is 3.10. The number of ether oxygens (including phenoxy) is 2. The third kappa shape index (κ3) is 3.83. The minimum Gasteiger partial charge on any atom is -0.493 e. The number of benzene rings is 1. The molecule has 1 fully saturated rings. The van der Waals surface area contributed by atoms with Gasteiger partial charge < -0.3 is 14.4 Å². The third-order valence-corrected chi connectivity index (χ3v) is 5.54. The lowest BCUT2D eigenvalue weighted by atomic mass is 10.1. The van der Waals surface area contributed by atoms with E-state index < -0.39 is 0 Å². The monoisotopic (exact) mass is 377 g/mol. The van der Waals surface area contributed by atoms with Gasteiger partial charge in [0.25, 0.3) is 0 Å². The standard InChI is InChI=1S/C19H20ClNO3S/c1-23-16-12-13(11-14(20)19(16)24-2)7-8-18(22)21-9-3-5-15(21)17-6-4-10-25-17/h4,6-8,10-12,15H,3,5,9H2,1-2H3/b8-7+. The first kappa shape index (κ1) is 17.8. The van der Waals surface area contributed by atoms with Crippen molar-refractivity contribution in [3.8, 4) is 11.5 Å². The van der Waals surface area contributed by atoms with Crippen LogP contribution >= 0.6 is 22.9 Å². The molecule has 1 atom stereocenters. The van der Waals surface area contributed by atoms with Gasteiger partial charge in [-0.3, -0.25) is 4.79 Å². The summed E-state index contributed by atoms with van der Waals surface area (Å²) < 4.78 is 10.5. The quantitative estimate of drug-likeness (QED) is 0.703. The number of methoxy groups -OCH3 is 2. The van der Waals surface area contributed by atoms with Crippen LogP contribution in [0, 0.1) is 0 Å². The topological polar surface area (TPSA) is 38.8 Å². The molecule has 1 aliphatic rings. The van der Waals surface area contributed by atoms with Crippen molar-refractivity contribution in [3.05, 3.63) is 51.2 Å². The van der Waals surface area contributed by atoms with Crippen LogP contribution < -0.4 is 9.47 Å². The summed E-state index contributed by atoms with van der Waals surface area (Å²) >= 11 is 7.91. The normalized spacial score (nSPS) is 17.2. The van der Waals surface area contributed by atoms with Gasteiger partial charge in [0.15, 0.2) is 11.5 Å². The van der Waals surface area contributed by atoms with Crippen LogP contribution in [0.4, 0.5) is 0 Å². The minimum absolute atomic E-state index is 0.0156. The van der Waals surface area contributed by atoms with Crippen molar-refractivity contribution in [3.63, 3.8) is 0 Å². The molecule has 1 aromatic heterocycles. The summed E-state index contributed by atoms with van der Waals surface area (Å²) in [4.78, 5) is 15.8. The summed E-state index contributed by atoms with van der Waals surface area (Å²) in [5.74, 6) is 1.05. The molecule has 0 aliphatic carbocycles. The van der Waals surface area contributed by atoms with Gasteiger partial charge in [0.2, 0.25) is 5.91 Å². The van der Waals surface area contributed by atoms with Crippen LogP contribution in [0.3, 0.4) is 0 Å². The number of carbonyl (C=O) groups is 1. The van der Waals surface area contributed by atoms with E-state index in [1.165, 1.54) is 4.88 Å². The molecule has 2 heterocycles. The second kappa shape index (κ2) is 7.93. The number of halogens is 1. The van der Waals surface area contributed by atoms with Crippen LogP contribution in [0.25, 0.3) is 6.08 Å². The summed E-state index contributed by atoms with van der Waals surface area (Å²) in [5.41, 5.74) is 0.794. The lowest BCUT2D eigenvalue weighted by Crippen LogP contribution is -2.28. The Kier molecular flexibility index (Phi) is 5.66. The Labute approximate surface area is 156 Å². The van der Waals surface area contributed by atoms with Crippen molar-refractivity contribution in [1.82, 2.24) is 4.90 Å². The van der Waals surface area contributed by atoms with Gasteiger partial charge in [0.05, 0.1) is 25.3 Å². The van der Waals surface area contributed by atoms with E-state index in [4.69, 9.17) is 21.1 Å². The van der Waals surface area contributed by atoms with Gasteiger partial charge in [-0.25, -0.2) is 0 Å². The van der Waals surface area contributed by atoms with Crippen molar-refractivity contribution < 1.29 is 14.3 Å². The number of hydrogen-bond acceptors (Lipinski definition) is 4. The maximum Gasteiger partial charge on any atom is 0.247 e. The number of nitrogens with zero attached hydrogens (tertiary/aromatic N) is 1. The van der Waals surface area contributed by atoms with Crippen LogP contribution in [0.1, 0.15) is 29.3 Å². The van der Waals surface area contributed by atoms with Gasteiger partial charge in [-0.2, -0.15) is 0 Å². The van der Waals surface area contributed by atoms with E-state index in [1.807, 2.05) is 11.0 Å². The molecule has 0 N–H and O–H groups in total. The van der Waals surface area contributed by atoms with E-state index in [2.05, 4.69) is 11.4 Å². The molecule has 1 amide bonds. The first-order valence-electron chi connectivity index (χ1n) is 8.07. The fraction of sp³-hybridized carbons (Fsp3) is 0.316. The Morgan fingerprint density at radius 1 is 1.36 bits per heavy atom. The summed E-state index contributed by atoms with van der Waals surface area (Å²) in [6, 6.07) is 7.87. The first-order chi connectivity index (χ1) is 12.1. The van der Waals surface area contributed by atoms with Gasteiger partial charge >= 0.3 is 0 Å². The lowest BCUT2D eigenvalue weighted by Gasteiger charge is -2.22. The molecule has 1 aromatic carbocycles. The number of amides is 1. The van der Waals surface area contributed by atoms with E-state index in [-0.39, 0.29) is 11.9 Å². The van der Waals surface area contributed by atoms with E-state index >= 15 is 0 Å². The zero-order chi connectivity index (χ0) is 17.8. The zero-order valence-corrected chi connectivity index (χ0v) is 15.8. The summed E-state index contributed by atoms with van der Waals surface area (Å²) in [6.07, 6.45) is 5.41. The van der Waals surface area contributed by atoms with Crippen molar-refractivity contribution in [2.24, 2.45) is 0 Å². The molecule has 1 unspecified atom stereocenters. The van der Waals surface area contributed by atoms with Crippen LogP contribution in [0.15, 0.2) is 35.7 Å². The van der Waals surface area contributed by atoms with Crippen molar-refractivity contribution in [2.75, 3.05) is 20.8 Å². The molecule has 6 heteroatoms. The lowest BCUT2D eigenvalue weighted by molar-refractivity contribution is -0.126. The van der Waals surface area contributed by atoms with Gasteiger partial charge in [-0.05, 0) is 48.1 Å². The Bertz CT molecular complexity index is 773. The predicted molar refractivity (Wildman–Crippen MR) is 102 cm³/mol. The van der Waals surface area contributed by atoms with Gasteiger partial charge in [0, 0.05) is 17.5 Å². The number of carbonyl (C=O) groups excluding carboxylic acids is 1. The Balaban J connectivity index is 1.77. The van der Waals surface area contributed by atoms with E-state index in [0.29, 0.717) is 16.5 Å². The molecule has 1 saturated heterocycles. The smallest absolute Gasteiger partial charge is 0.247 e. The molecule has 1 aliphatic heterocycles. The molecule has 132 valence electrons. The maximum absolute atomic E-state index is 12.6. The number of hydrogen-bond donors (Lipinski definition) is 0. The van der Waals surface area contributed by atoms with E-state index in [1.54, 1.807) is 49.8 Å². The highest BCUT2D eigenvalue weighted by molar-refractivity contribution is 7.10. The largest absolute Gasteiger partial charge is 0.493 e. The summed E-state index contributed by atoms with van der Waals surface area (Å²) in [5, 5.41) is 2.50. The van der Waals surface area contributed by atoms with Crippen molar-refractivity contribution in [1.29, 1.82) is 0 Å². The number of rotatable bonds is 5. The second-order valence-electron chi connectivity index (χ2n) is 5.78. The van der Waals surface area contributed by atoms with Crippen molar-refractivity contribution in [2.45, 2.75) is 18.9 Å². The van der Waals surface area contributed by atoms with Crippen molar-refractivity contribution >= 4 is 34.9 Å². The highest BCUT2D eigenvalue weighted by atomic mass is 35.5. The van der Waals surface area contributed by atoms with Gasteiger partial charge in [-0.1, -0.05) is 17.7 Å². The molecule has 25 heavy (non-hydrogen) atoms. The highest BCUT2D eigenvalue weighted by Crippen LogP contribution is 2.37. The fourth-order valence-corrected chi connectivity index (χ4v) is 4.27. The molecule has 0 saturated carbocycles. The third-order valence-electron chi connectivity index (χ3n) is 4.28. The van der Waals surface area contributed by atoms with Gasteiger partial charge in [0.1, 0.15) is 0 Å². The Hall–Kier alpha value is -1.98. The molecule has 0 bridgehead atoms. The first-order valence-corrected chi connectivity index (χ1v) is 9.33. The number of likely N-dealkylation sites (tertiary alicyclic amines) is 1. The highest BCUT2D eigenvalue weighted by Gasteiger charge is 2.29. The van der Waals surface area contributed by atoms with E-state index in [9.17, 15) is 4.79 Å².